The third-order valence-electron chi connectivity index (χ3n) is 6.39. The van der Waals surface area contributed by atoms with E-state index in [-0.39, 0.29) is 11.5 Å². The van der Waals surface area contributed by atoms with E-state index in [9.17, 15) is 9.59 Å². The molecule has 0 radical (unpaired) electrons. The summed E-state index contributed by atoms with van der Waals surface area (Å²) in [6, 6.07) is 18.4. The van der Waals surface area contributed by atoms with Gasteiger partial charge in [-0.15, -0.1) is 0 Å². The Morgan fingerprint density at radius 2 is 1.87 bits per heavy atom. The Kier molecular flexibility index (Phi) is 8.32. The number of fused-ring (bicyclic) bond motifs is 1. The van der Waals surface area contributed by atoms with E-state index in [1.807, 2.05) is 69.3 Å². The Labute approximate surface area is 247 Å². The number of amides is 1. The minimum atomic E-state index is -0.624. The van der Waals surface area contributed by atoms with Gasteiger partial charge < -0.3 is 9.32 Å². The molecule has 0 saturated heterocycles. The highest BCUT2D eigenvalue weighted by Crippen LogP contribution is 2.36. The number of halogens is 2. The second-order valence-electron chi connectivity index (χ2n) is 8.81. The number of nitrogens with zero attached hydrogens (tertiary/aromatic N) is 3. The van der Waals surface area contributed by atoms with Crippen molar-refractivity contribution in [3.8, 4) is 0 Å². The first-order valence-corrected chi connectivity index (χ1v) is 15.2. The van der Waals surface area contributed by atoms with Crippen molar-refractivity contribution in [3.05, 3.63) is 112 Å². The fraction of sp³-hybridized carbons (Fsp3) is 0.207. The van der Waals surface area contributed by atoms with Crippen molar-refractivity contribution >= 4 is 62.6 Å². The summed E-state index contributed by atoms with van der Waals surface area (Å²) in [5.41, 5.74) is 1.64. The lowest BCUT2D eigenvalue weighted by Gasteiger charge is -2.29. The first-order chi connectivity index (χ1) is 18.8. The van der Waals surface area contributed by atoms with Crippen molar-refractivity contribution in [1.29, 1.82) is 0 Å². The fourth-order valence-corrected chi connectivity index (χ4v) is 6.97. The molecule has 10 heteroatoms. The Hall–Kier alpha value is -2.85. The summed E-state index contributed by atoms with van der Waals surface area (Å²) in [6.07, 6.45) is 1.73. The van der Waals surface area contributed by atoms with Gasteiger partial charge in [-0.1, -0.05) is 65.0 Å². The van der Waals surface area contributed by atoms with Crippen molar-refractivity contribution in [2.45, 2.75) is 36.8 Å². The summed E-state index contributed by atoms with van der Waals surface area (Å²) < 4.78 is 8.96. The number of allylic oxidation sites excluding steroid dienone is 1. The summed E-state index contributed by atoms with van der Waals surface area (Å²) in [4.78, 5) is 35.6. The van der Waals surface area contributed by atoms with Crippen LogP contribution in [-0.4, -0.2) is 28.5 Å². The molecule has 39 heavy (non-hydrogen) atoms. The predicted octanol–water partition coefficient (Wildman–Crippen LogP) is 6.26. The van der Waals surface area contributed by atoms with E-state index in [0.29, 0.717) is 49.6 Å². The van der Waals surface area contributed by atoms with Crippen LogP contribution in [-0.2, 0) is 4.79 Å². The quantitative estimate of drug-likeness (QED) is 0.239. The Bertz CT molecular complexity index is 1740. The van der Waals surface area contributed by atoms with E-state index in [1.165, 1.54) is 23.1 Å². The molecule has 3 heterocycles. The molecule has 6 nitrogen and oxygen atoms in total. The summed E-state index contributed by atoms with van der Waals surface area (Å²) >= 11 is 12.5. The van der Waals surface area contributed by atoms with Gasteiger partial charge in [0.2, 0.25) is 0 Å². The Morgan fingerprint density at radius 3 is 2.54 bits per heavy atom. The molecule has 0 unspecified atom stereocenters. The second kappa shape index (κ2) is 11.7. The standard InChI is InChI=1S/C29H25BrClN3O3S2/c1-4-33(5-2)27(36)24-17(3)32-29-34(25(24)18-11-13-19(31)14-12-18)26(35)23(39-29)16-20-15-22(30)28(37-20)38-21-9-7-6-8-10-21/h6-16,25H,4-5H2,1-3H3/b23-16+/t25-/m0/s1. The van der Waals surface area contributed by atoms with Crippen molar-refractivity contribution in [1.82, 2.24) is 9.47 Å². The highest BCUT2D eigenvalue weighted by Gasteiger charge is 2.34. The van der Waals surface area contributed by atoms with Crippen LogP contribution in [0.4, 0.5) is 0 Å². The number of carbonyl (C=O) groups is 1. The number of hydrogen-bond acceptors (Lipinski definition) is 6. The average molecular weight is 643 g/mol. The van der Waals surface area contributed by atoms with Crippen LogP contribution in [0.15, 0.2) is 101 Å². The number of furan rings is 1. The Morgan fingerprint density at radius 1 is 1.18 bits per heavy atom. The number of aromatic nitrogens is 1. The maximum absolute atomic E-state index is 13.9. The lowest BCUT2D eigenvalue weighted by atomic mass is 9.94. The molecule has 1 aliphatic heterocycles. The number of rotatable bonds is 7. The molecule has 0 N–H and O–H groups in total. The molecule has 0 bridgehead atoms. The molecule has 0 spiro atoms. The van der Waals surface area contributed by atoms with Crippen LogP contribution in [0.2, 0.25) is 5.02 Å². The highest BCUT2D eigenvalue weighted by molar-refractivity contribution is 9.10. The van der Waals surface area contributed by atoms with Crippen LogP contribution < -0.4 is 14.9 Å². The Balaban J connectivity index is 1.62. The van der Waals surface area contributed by atoms with E-state index in [4.69, 9.17) is 21.0 Å². The molecule has 1 amide bonds. The largest absolute Gasteiger partial charge is 0.449 e. The minimum absolute atomic E-state index is 0.131. The molecule has 1 aliphatic rings. The van der Waals surface area contributed by atoms with Crippen LogP contribution >= 0.6 is 50.6 Å². The van der Waals surface area contributed by atoms with Gasteiger partial charge in [0.15, 0.2) is 9.89 Å². The fourth-order valence-electron chi connectivity index (χ4n) is 4.47. The van der Waals surface area contributed by atoms with Gasteiger partial charge in [-0.05, 0) is 72.6 Å². The van der Waals surface area contributed by atoms with Crippen LogP contribution in [0.25, 0.3) is 6.08 Å². The van der Waals surface area contributed by atoms with Gasteiger partial charge in [0.25, 0.3) is 11.5 Å². The zero-order chi connectivity index (χ0) is 27.7. The number of thiazole rings is 1. The third kappa shape index (κ3) is 5.59. The molecule has 0 aliphatic carbocycles. The zero-order valence-corrected chi connectivity index (χ0v) is 25.5. The summed E-state index contributed by atoms with van der Waals surface area (Å²) in [6.45, 7) is 6.82. The van der Waals surface area contributed by atoms with Gasteiger partial charge in [0, 0.05) is 29.1 Å². The van der Waals surface area contributed by atoms with Gasteiger partial charge in [-0.3, -0.25) is 14.2 Å². The summed E-state index contributed by atoms with van der Waals surface area (Å²) in [5.74, 6) is 0.414. The van der Waals surface area contributed by atoms with Gasteiger partial charge >= 0.3 is 0 Å². The predicted molar refractivity (Wildman–Crippen MR) is 160 cm³/mol. The molecular weight excluding hydrogens is 618 g/mol. The second-order valence-corrected chi connectivity index (χ2v) is 12.2. The lowest BCUT2D eigenvalue weighted by molar-refractivity contribution is -0.127. The average Bonchev–Trinajstić information content (AvgIpc) is 3.42. The van der Waals surface area contributed by atoms with Crippen molar-refractivity contribution in [3.63, 3.8) is 0 Å². The number of likely N-dealkylation sites (N-methyl/N-ethyl adjacent to an activating group) is 1. The lowest BCUT2D eigenvalue weighted by Crippen LogP contribution is -2.43. The van der Waals surface area contributed by atoms with Crippen LogP contribution in [0.3, 0.4) is 0 Å². The number of hydrogen-bond donors (Lipinski definition) is 0. The van der Waals surface area contributed by atoms with Crippen LogP contribution in [0, 0.1) is 0 Å². The SMILES string of the molecule is CCN(CC)C(=O)C1=C(C)N=c2s/c(=C/c3cc(Br)c(Sc4ccccc4)o3)c(=O)n2[C@H]1c1ccc(Cl)cc1. The van der Waals surface area contributed by atoms with Gasteiger partial charge in [-0.2, -0.15) is 0 Å². The molecular formula is C29H25BrClN3O3S2. The van der Waals surface area contributed by atoms with E-state index in [1.54, 1.807) is 27.7 Å². The molecule has 0 fully saturated rings. The number of carbonyl (C=O) groups excluding carboxylic acids is 1. The summed E-state index contributed by atoms with van der Waals surface area (Å²) in [7, 11) is 0. The maximum Gasteiger partial charge on any atom is 0.271 e. The topological polar surface area (TPSA) is 67.8 Å². The molecule has 1 atom stereocenters. The zero-order valence-electron chi connectivity index (χ0n) is 21.5. The van der Waals surface area contributed by atoms with Gasteiger partial charge in [-0.25, -0.2) is 4.99 Å². The van der Waals surface area contributed by atoms with E-state index in [0.717, 1.165) is 14.9 Å². The third-order valence-corrected chi connectivity index (χ3v) is 9.47. The highest BCUT2D eigenvalue weighted by atomic mass is 79.9. The van der Waals surface area contributed by atoms with Crippen LogP contribution in [0.1, 0.15) is 38.1 Å². The van der Waals surface area contributed by atoms with E-state index in [2.05, 4.69) is 15.9 Å². The molecule has 2 aromatic carbocycles. The maximum atomic E-state index is 13.9. The first-order valence-electron chi connectivity index (χ1n) is 12.4. The van der Waals surface area contributed by atoms with Gasteiger partial charge in [0.05, 0.1) is 26.3 Å². The summed E-state index contributed by atoms with van der Waals surface area (Å²) in [5, 5.41) is 1.28. The van der Waals surface area contributed by atoms with E-state index < -0.39 is 6.04 Å². The molecule has 0 saturated carbocycles. The smallest absolute Gasteiger partial charge is 0.271 e. The minimum Gasteiger partial charge on any atom is -0.449 e. The molecule has 2 aromatic heterocycles. The monoisotopic (exact) mass is 641 g/mol. The molecule has 4 aromatic rings. The molecule has 200 valence electrons. The van der Waals surface area contributed by atoms with Crippen molar-refractivity contribution in [2.75, 3.05) is 13.1 Å². The molecule has 5 rings (SSSR count). The van der Waals surface area contributed by atoms with Gasteiger partial charge in [0.1, 0.15) is 5.76 Å². The van der Waals surface area contributed by atoms with E-state index >= 15 is 0 Å². The van der Waals surface area contributed by atoms with Crippen molar-refractivity contribution < 1.29 is 9.21 Å². The number of benzene rings is 2. The first kappa shape index (κ1) is 27.7. The van der Waals surface area contributed by atoms with Crippen molar-refractivity contribution in [2.24, 2.45) is 4.99 Å². The van der Waals surface area contributed by atoms with Crippen LogP contribution in [0.5, 0.6) is 0 Å². The normalized spacial score (nSPS) is 15.3.